The lowest BCUT2D eigenvalue weighted by atomic mass is 10.1. The number of nitro groups is 1. The van der Waals surface area contributed by atoms with Gasteiger partial charge in [-0.25, -0.2) is 0 Å². The average Bonchev–Trinajstić information content (AvgIpc) is 3.11. The third kappa shape index (κ3) is 5.14. The Hall–Kier alpha value is -2.98. The Morgan fingerprint density at radius 1 is 1.27 bits per heavy atom. The van der Waals surface area contributed by atoms with Gasteiger partial charge >= 0.3 is 5.97 Å². The highest BCUT2D eigenvalue weighted by Gasteiger charge is 2.36. The van der Waals surface area contributed by atoms with Crippen molar-refractivity contribution < 1.29 is 24.0 Å². The summed E-state index contributed by atoms with van der Waals surface area (Å²) in [6.45, 7) is -0.436. The third-order valence-corrected chi connectivity index (χ3v) is 5.61. The molecule has 1 saturated heterocycles. The Morgan fingerprint density at radius 2 is 1.97 bits per heavy atom. The van der Waals surface area contributed by atoms with Gasteiger partial charge < -0.3 is 15.0 Å². The van der Waals surface area contributed by atoms with Crippen molar-refractivity contribution in [3.63, 3.8) is 0 Å². The monoisotopic (exact) mass is 495 g/mol. The van der Waals surface area contributed by atoms with Crippen molar-refractivity contribution in [2.24, 2.45) is 5.92 Å². The van der Waals surface area contributed by atoms with E-state index in [1.54, 1.807) is 18.2 Å². The van der Waals surface area contributed by atoms with Crippen molar-refractivity contribution in [1.82, 2.24) is 0 Å². The second-order valence-electron chi connectivity index (χ2n) is 6.46. The first-order valence-electron chi connectivity index (χ1n) is 8.71. The van der Waals surface area contributed by atoms with Gasteiger partial charge in [-0.15, -0.1) is 0 Å². The smallest absolute Gasteiger partial charge is 0.311 e. The van der Waals surface area contributed by atoms with E-state index in [2.05, 4.69) is 21.2 Å². The number of hydrogen-bond acceptors (Lipinski definition) is 6. The molecule has 2 aromatic rings. The molecule has 3 rings (SSSR count). The zero-order valence-corrected chi connectivity index (χ0v) is 17.7. The Balaban J connectivity index is 1.53. The number of hydrogen-bond donors (Lipinski definition) is 1. The molecule has 1 heterocycles. The van der Waals surface area contributed by atoms with Gasteiger partial charge in [0.15, 0.2) is 6.61 Å². The predicted molar refractivity (Wildman–Crippen MR) is 112 cm³/mol. The summed E-state index contributed by atoms with van der Waals surface area (Å²) < 4.78 is 5.71. The maximum absolute atomic E-state index is 12.3. The highest BCUT2D eigenvalue weighted by atomic mass is 79.9. The van der Waals surface area contributed by atoms with E-state index in [1.165, 1.54) is 29.2 Å². The molecule has 1 aliphatic heterocycles. The number of nitro benzene ring substituents is 1. The molecule has 0 aliphatic carbocycles. The molecule has 30 heavy (non-hydrogen) atoms. The summed E-state index contributed by atoms with van der Waals surface area (Å²) in [5, 5.41) is 13.7. The average molecular weight is 497 g/mol. The molecule has 1 fully saturated rings. The Morgan fingerprint density at radius 3 is 2.60 bits per heavy atom. The first-order valence-corrected chi connectivity index (χ1v) is 9.88. The summed E-state index contributed by atoms with van der Waals surface area (Å²) in [5.74, 6) is -2.25. The quantitative estimate of drug-likeness (QED) is 0.371. The number of halogens is 2. The molecule has 0 aromatic heterocycles. The van der Waals surface area contributed by atoms with Crippen LogP contribution in [0.25, 0.3) is 0 Å². The highest BCUT2D eigenvalue weighted by Crippen LogP contribution is 2.28. The van der Waals surface area contributed by atoms with Crippen LogP contribution < -0.4 is 10.2 Å². The van der Waals surface area contributed by atoms with Gasteiger partial charge in [0.1, 0.15) is 0 Å². The Kier molecular flexibility index (Phi) is 6.68. The van der Waals surface area contributed by atoms with Crippen LogP contribution in [-0.2, 0) is 19.1 Å². The lowest BCUT2D eigenvalue weighted by Gasteiger charge is -2.16. The largest absolute Gasteiger partial charge is 0.455 e. The second-order valence-corrected chi connectivity index (χ2v) is 7.73. The molecule has 1 aliphatic rings. The van der Waals surface area contributed by atoms with Gasteiger partial charge in [-0.05, 0) is 46.3 Å². The molecule has 156 valence electrons. The fraction of sp³-hybridized carbons (Fsp3) is 0.211. The molecule has 1 atom stereocenters. The zero-order valence-electron chi connectivity index (χ0n) is 15.3. The van der Waals surface area contributed by atoms with Crippen molar-refractivity contribution in [3.8, 4) is 0 Å². The molecule has 11 heteroatoms. The molecule has 0 radical (unpaired) electrons. The second kappa shape index (κ2) is 9.23. The van der Waals surface area contributed by atoms with Gasteiger partial charge in [0.25, 0.3) is 11.6 Å². The van der Waals surface area contributed by atoms with Crippen LogP contribution in [-0.4, -0.2) is 35.9 Å². The van der Waals surface area contributed by atoms with Crippen molar-refractivity contribution in [2.75, 3.05) is 23.4 Å². The summed E-state index contributed by atoms with van der Waals surface area (Å²) in [6.07, 6.45) is -0.0697. The number of carbonyl (C=O) groups excluding carboxylic acids is 3. The van der Waals surface area contributed by atoms with Crippen molar-refractivity contribution in [2.45, 2.75) is 6.42 Å². The van der Waals surface area contributed by atoms with E-state index >= 15 is 0 Å². The number of rotatable bonds is 6. The summed E-state index contributed by atoms with van der Waals surface area (Å²) in [5.41, 5.74) is 0.801. The minimum Gasteiger partial charge on any atom is -0.455 e. The number of non-ortho nitro benzene ring substituents is 1. The number of benzene rings is 2. The molecule has 0 saturated carbocycles. The lowest BCUT2D eigenvalue weighted by molar-refractivity contribution is -0.384. The number of nitrogens with zero attached hydrogens (tertiary/aromatic N) is 2. The Labute approximate surface area is 184 Å². The van der Waals surface area contributed by atoms with E-state index in [0.717, 1.165) is 0 Å². The van der Waals surface area contributed by atoms with Gasteiger partial charge in [-0.2, -0.15) is 0 Å². The van der Waals surface area contributed by atoms with E-state index in [1.807, 2.05) is 0 Å². The summed E-state index contributed by atoms with van der Waals surface area (Å²) in [4.78, 5) is 48.1. The van der Waals surface area contributed by atoms with Crippen LogP contribution in [0.5, 0.6) is 0 Å². The van der Waals surface area contributed by atoms with Crippen LogP contribution in [0.3, 0.4) is 0 Å². The molecular weight excluding hydrogens is 482 g/mol. The number of ether oxygens (including phenoxy) is 1. The highest BCUT2D eigenvalue weighted by molar-refractivity contribution is 9.10. The van der Waals surface area contributed by atoms with Crippen molar-refractivity contribution in [3.05, 3.63) is 62.1 Å². The van der Waals surface area contributed by atoms with E-state index in [0.29, 0.717) is 20.9 Å². The predicted octanol–water partition coefficient (Wildman–Crippen LogP) is 3.55. The normalized spacial score (nSPS) is 15.7. The van der Waals surface area contributed by atoms with Gasteiger partial charge in [-0.3, -0.25) is 24.5 Å². The summed E-state index contributed by atoms with van der Waals surface area (Å²) >= 11 is 9.20. The maximum atomic E-state index is 12.3. The molecule has 9 nitrogen and oxygen atoms in total. The van der Waals surface area contributed by atoms with E-state index < -0.39 is 29.3 Å². The Bertz CT molecular complexity index is 1010. The fourth-order valence-electron chi connectivity index (χ4n) is 2.89. The molecule has 0 bridgehead atoms. The molecule has 0 spiro atoms. The number of anilines is 2. The minimum atomic E-state index is -0.734. The van der Waals surface area contributed by atoms with Gasteiger partial charge in [-0.1, -0.05) is 11.6 Å². The molecule has 0 unspecified atom stereocenters. The van der Waals surface area contributed by atoms with E-state index in [4.69, 9.17) is 16.3 Å². The lowest BCUT2D eigenvalue weighted by Crippen LogP contribution is -2.28. The topological polar surface area (TPSA) is 119 Å². The van der Waals surface area contributed by atoms with E-state index in [9.17, 15) is 24.5 Å². The standard InChI is InChI=1S/C19H15BrClN3O6/c20-15-6-1-12(8-16(15)21)22-17(25)10-30-19(27)11-7-18(26)23(9-11)13-2-4-14(5-3-13)24(28)29/h1-6,8,11H,7,9-10H2,(H,22,25)/t11-/m1/s1. The molecule has 1 N–H and O–H groups in total. The minimum absolute atomic E-state index is 0.0689. The van der Waals surface area contributed by atoms with Crippen LogP contribution in [0.2, 0.25) is 5.02 Å². The first-order chi connectivity index (χ1) is 14.2. The SMILES string of the molecule is O=C(COC(=O)[C@@H]1CC(=O)N(c2ccc([N+](=O)[O-])cc2)C1)Nc1ccc(Br)c(Cl)c1. The number of carbonyl (C=O) groups is 3. The fourth-order valence-corrected chi connectivity index (χ4v) is 3.32. The van der Waals surface area contributed by atoms with Crippen molar-refractivity contribution >= 4 is 62.4 Å². The van der Waals surface area contributed by atoms with Crippen LogP contribution in [0, 0.1) is 16.0 Å². The first kappa shape index (κ1) is 21.7. The molecule has 2 aromatic carbocycles. The molecular formula is C19H15BrClN3O6. The maximum Gasteiger partial charge on any atom is 0.311 e. The van der Waals surface area contributed by atoms with Gasteiger partial charge in [0.2, 0.25) is 5.91 Å². The zero-order chi connectivity index (χ0) is 21.8. The van der Waals surface area contributed by atoms with Crippen LogP contribution in [0.1, 0.15) is 6.42 Å². The number of amides is 2. The van der Waals surface area contributed by atoms with Crippen LogP contribution in [0.15, 0.2) is 46.9 Å². The molecule has 2 amide bonds. The number of esters is 1. The van der Waals surface area contributed by atoms with Crippen LogP contribution in [0.4, 0.5) is 17.1 Å². The van der Waals surface area contributed by atoms with Gasteiger partial charge in [0.05, 0.1) is 15.9 Å². The van der Waals surface area contributed by atoms with Crippen LogP contribution >= 0.6 is 27.5 Å². The van der Waals surface area contributed by atoms with Gasteiger partial charge in [0, 0.05) is 40.9 Å². The van der Waals surface area contributed by atoms with E-state index in [-0.39, 0.29) is 24.6 Å². The summed E-state index contributed by atoms with van der Waals surface area (Å²) in [7, 11) is 0. The number of nitrogens with one attached hydrogen (secondary N) is 1. The third-order valence-electron chi connectivity index (χ3n) is 4.38. The summed E-state index contributed by atoms with van der Waals surface area (Å²) in [6, 6.07) is 10.3. The van der Waals surface area contributed by atoms with Crippen molar-refractivity contribution in [1.29, 1.82) is 0 Å².